The Bertz CT molecular complexity index is 618. The minimum absolute atomic E-state index is 0.155. The van der Waals surface area contributed by atoms with Crippen molar-refractivity contribution in [1.82, 2.24) is 0 Å². The molecule has 0 saturated heterocycles. The van der Waals surface area contributed by atoms with E-state index in [2.05, 4.69) is 0 Å². The van der Waals surface area contributed by atoms with Crippen LogP contribution in [0.3, 0.4) is 0 Å². The van der Waals surface area contributed by atoms with E-state index in [1.54, 1.807) is 0 Å². The molecule has 1 aromatic heterocycles. The molecule has 0 aliphatic rings. The Morgan fingerprint density at radius 2 is 1.75 bits per heavy atom. The van der Waals surface area contributed by atoms with Crippen molar-refractivity contribution in [2.45, 2.75) is 12.6 Å². The van der Waals surface area contributed by atoms with Gasteiger partial charge in [0.2, 0.25) is 0 Å². The molecule has 1 aromatic carbocycles. The number of aromatic nitrogens is 1. The summed E-state index contributed by atoms with van der Waals surface area (Å²) in [5.74, 6) is -0.208. The Kier molecular flexibility index (Phi) is 3.88. The van der Waals surface area contributed by atoms with E-state index < -0.39 is 11.7 Å². The third-order valence-corrected chi connectivity index (χ3v) is 3.04. The van der Waals surface area contributed by atoms with Crippen LogP contribution in [0.5, 0.6) is 0 Å². The van der Waals surface area contributed by atoms with Gasteiger partial charge in [0.05, 0.1) is 12.0 Å². The average molecular weight is 280 g/mol. The van der Waals surface area contributed by atoms with Crippen molar-refractivity contribution in [3.8, 4) is 0 Å². The zero-order valence-corrected chi connectivity index (χ0v) is 10.8. The minimum atomic E-state index is -4.38. The fourth-order valence-corrected chi connectivity index (χ4v) is 1.85. The zero-order valence-electron chi connectivity index (χ0n) is 10.8. The van der Waals surface area contributed by atoms with Gasteiger partial charge in [-0.15, -0.1) is 0 Å². The fraction of sp³-hybridized carbons (Fsp3) is 0.200. The normalized spacial score (nSPS) is 11.4. The lowest BCUT2D eigenvalue weighted by Gasteiger charge is -2.07. The number of hydrogen-bond acceptors (Lipinski definition) is 1. The van der Waals surface area contributed by atoms with Crippen molar-refractivity contribution in [2.24, 2.45) is 7.05 Å². The standard InChI is InChI=1S/C15H13F3NO/c1-19-9-3-2-4-13(19)10-14(20)11-5-7-12(8-6-11)15(16,17)18/h2-9H,10H2,1H3/q+1. The van der Waals surface area contributed by atoms with Crippen molar-refractivity contribution in [2.75, 3.05) is 0 Å². The molecule has 0 bridgehead atoms. The summed E-state index contributed by atoms with van der Waals surface area (Å²) in [5.41, 5.74) is 0.332. The Labute approximate surface area is 114 Å². The van der Waals surface area contributed by atoms with Gasteiger partial charge < -0.3 is 0 Å². The van der Waals surface area contributed by atoms with E-state index in [0.717, 1.165) is 17.8 Å². The average Bonchev–Trinajstić information content (AvgIpc) is 2.40. The number of ketones is 1. The second-order valence-electron chi connectivity index (χ2n) is 4.48. The first kappa shape index (κ1) is 14.2. The highest BCUT2D eigenvalue weighted by Gasteiger charge is 2.30. The molecule has 0 unspecified atom stereocenters. The number of pyridine rings is 1. The number of carbonyl (C=O) groups excluding carboxylic acids is 1. The quantitative estimate of drug-likeness (QED) is 0.625. The van der Waals surface area contributed by atoms with E-state index >= 15 is 0 Å². The fourth-order valence-electron chi connectivity index (χ4n) is 1.85. The molecule has 0 radical (unpaired) electrons. The highest BCUT2D eigenvalue weighted by Crippen LogP contribution is 2.29. The largest absolute Gasteiger partial charge is 0.416 e. The number of carbonyl (C=O) groups is 1. The molecule has 20 heavy (non-hydrogen) atoms. The predicted octanol–water partition coefficient (Wildman–Crippen LogP) is 2.96. The lowest BCUT2D eigenvalue weighted by molar-refractivity contribution is -0.678. The summed E-state index contributed by atoms with van der Waals surface area (Å²) in [7, 11) is 1.81. The van der Waals surface area contributed by atoms with E-state index in [-0.39, 0.29) is 17.8 Å². The molecule has 0 amide bonds. The van der Waals surface area contributed by atoms with Gasteiger partial charge in [0.1, 0.15) is 7.05 Å². The van der Waals surface area contributed by atoms with Crippen molar-refractivity contribution >= 4 is 5.78 Å². The van der Waals surface area contributed by atoms with Crippen molar-refractivity contribution in [3.05, 3.63) is 65.5 Å². The van der Waals surface area contributed by atoms with E-state index in [1.165, 1.54) is 12.1 Å². The van der Waals surface area contributed by atoms with Gasteiger partial charge in [0.15, 0.2) is 17.7 Å². The summed E-state index contributed by atoms with van der Waals surface area (Å²) in [6.45, 7) is 0. The highest BCUT2D eigenvalue weighted by molar-refractivity contribution is 5.97. The number of Topliss-reactive ketones (excluding diaryl/α,β-unsaturated/α-hetero) is 1. The van der Waals surface area contributed by atoms with Crippen LogP contribution in [0, 0.1) is 0 Å². The topological polar surface area (TPSA) is 20.9 Å². The molecule has 5 heteroatoms. The molecule has 0 aliphatic carbocycles. The van der Waals surface area contributed by atoms with Crippen LogP contribution in [-0.4, -0.2) is 5.78 Å². The number of alkyl halides is 3. The maximum Gasteiger partial charge on any atom is 0.416 e. The molecular weight excluding hydrogens is 267 g/mol. The second-order valence-corrected chi connectivity index (χ2v) is 4.48. The van der Waals surface area contributed by atoms with Crippen LogP contribution >= 0.6 is 0 Å². The molecule has 0 fully saturated rings. The summed E-state index contributed by atoms with van der Waals surface area (Å²) in [5, 5.41) is 0. The van der Waals surface area contributed by atoms with Gasteiger partial charge in [-0.05, 0) is 12.1 Å². The summed E-state index contributed by atoms with van der Waals surface area (Å²) in [4.78, 5) is 12.0. The predicted molar refractivity (Wildman–Crippen MR) is 67.1 cm³/mol. The number of rotatable bonds is 3. The number of nitrogens with zero attached hydrogens (tertiary/aromatic N) is 1. The second kappa shape index (κ2) is 5.45. The molecule has 0 atom stereocenters. The third kappa shape index (κ3) is 3.23. The van der Waals surface area contributed by atoms with Gasteiger partial charge in [-0.25, -0.2) is 4.57 Å². The summed E-state index contributed by atoms with van der Waals surface area (Å²) < 4.78 is 39.1. The van der Waals surface area contributed by atoms with Crippen LogP contribution in [0.1, 0.15) is 21.6 Å². The minimum Gasteiger partial charge on any atom is -0.294 e. The van der Waals surface area contributed by atoms with Crippen LogP contribution in [0.15, 0.2) is 48.7 Å². The van der Waals surface area contributed by atoms with Gasteiger partial charge in [-0.1, -0.05) is 18.2 Å². The molecular formula is C15H13F3NO+. The lowest BCUT2D eigenvalue weighted by atomic mass is 10.0. The molecule has 2 nitrogen and oxygen atoms in total. The molecule has 1 heterocycles. The molecule has 0 saturated carbocycles. The number of halogens is 3. The first-order valence-corrected chi connectivity index (χ1v) is 6.02. The molecule has 0 aliphatic heterocycles. The van der Waals surface area contributed by atoms with Crippen molar-refractivity contribution in [1.29, 1.82) is 0 Å². The molecule has 2 aromatic rings. The van der Waals surface area contributed by atoms with E-state index in [9.17, 15) is 18.0 Å². The van der Waals surface area contributed by atoms with Gasteiger partial charge in [-0.2, -0.15) is 13.2 Å². The number of benzene rings is 1. The SMILES string of the molecule is C[n+]1ccccc1CC(=O)c1ccc(C(F)(F)F)cc1. The molecule has 104 valence electrons. The van der Waals surface area contributed by atoms with Gasteiger partial charge in [0.25, 0.3) is 0 Å². The van der Waals surface area contributed by atoms with Crippen LogP contribution in [0.4, 0.5) is 13.2 Å². The van der Waals surface area contributed by atoms with Crippen molar-refractivity contribution in [3.63, 3.8) is 0 Å². The maximum absolute atomic E-state index is 12.4. The molecule has 0 spiro atoms. The highest BCUT2D eigenvalue weighted by atomic mass is 19.4. The Balaban J connectivity index is 2.16. The number of hydrogen-bond donors (Lipinski definition) is 0. The molecule has 2 rings (SSSR count). The molecule has 0 N–H and O–H groups in total. The van der Waals surface area contributed by atoms with E-state index in [0.29, 0.717) is 0 Å². The zero-order chi connectivity index (χ0) is 14.8. The first-order chi connectivity index (χ1) is 9.38. The Morgan fingerprint density at radius 3 is 2.30 bits per heavy atom. The van der Waals surface area contributed by atoms with E-state index in [4.69, 9.17) is 0 Å². The van der Waals surface area contributed by atoms with Gasteiger partial charge in [-0.3, -0.25) is 4.79 Å². The first-order valence-electron chi connectivity index (χ1n) is 6.02. The lowest BCUT2D eigenvalue weighted by Crippen LogP contribution is -2.33. The Hall–Kier alpha value is -2.17. The third-order valence-electron chi connectivity index (χ3n) is 3.04. The van der Waals surface area contributed by atoms with Crippen LogP contribution in [0.25, 0.3) is 0 Å². The Morgan fingerprint density at radius 1 is 1.10 bits per heavy atom. The summed E-state index contributed by atoms with van der Waals surface area (Å²) in [6, 6.07) is 9.75. The summed E-state index contributed by atoms with van der Waals surface area (Å²) in [6.07, 6.45) is -2.41. The number of aryl methyl sites for hydroxylation is 1. The monoisotopic (exact) mass is 280 g/mol. The van der Waals surface area contributed by atoms with Crippen LogP contribution < -0.4 is 4.57 Å². The summed E-state index contributed by atoms with van der Waals surface area (Å²) >= 11 is 0. The van der Waals surface area contributed by atoms with Crippen LogP contribution in [0.2, 0.25) is 0 Å². The van der Waals surface area contributed by atoms with Crippen LogP contribution in [-0.2, 0) is 19.6 Å². The van der Waals surface area contributed by atoms with E-state index in [1.807, 2.05) is 36.0 Å². The van der Waals surface area contributed by atoms with Gasteiger partial charge >= 0.3 is 6.18 Å². The smallest absolute Gasteiger partial charge is 0.294 e. The van der Waals surface area contributed by atoms with Crippen molar-refractivity contribution < 1.29 is 22.5 Å². The maximum atomic E-state index is 12.4. The van der Waals surface area contributed by atoms with Gasteiger partial charge in [0, 0.05) is 17.7 Å².